The fourth-order valence-corrected chi connectivity index (χ4v) is 1.41. The van der Waals surface area contributed by atoms with Crippen LogP contribution < -0.4 is 0 Å². The molecule has 0 fully saturated rings. The first-order valence-electron chi connectivity index (χ1n) is 3.64. The summed E-state index contributed by atoms with van der Waals surface area (Å²) in [7, 11) is 3.76. The molecule has 0 saturated heterocycles. The highest BCUT2D eigenvalue weighted by atomic mass is 127. The van der Waals surface area contributed by atoms with E-state index in [1.165, 1.54) is 0 Å². The number of ether oxygens (including phenoxy) is 1. The van der Waals surface area contributed by atoms with Gasteiger partial charge in [-0.25, -0.2) is 0 Å². The molecule has 0 amide bonds. The average Bonchev–Trinajstić information content (AvgIpc) is 1.85. The van der Waals surface area contributed by atoms with Crippen molar-refractivity contribution in [1.29, 1.82) is 0 Å². The molecule has 72 valence electrons. The minimum Gasteiger partial charge on any atom is -0.440 e. The van der Waals surface area contributed by atoms with Gasteiger partial charge in [0.2, 0.25) is 2.12 Å². The summed E-state index contributed by atoms with van der Waals surface area (Å²) in [4.78, 5) is 13.2. The van der Waals surface area contributed by atoms with Crippen molar-refractivity contribution in [3.8, 4) is 0 Å². The SMILES string of the molecule is CCC(C(=O)OC(I)I)N(C)C. The lowest BCUT2D eigenvalue weighted by Gasteiger charge is -2.21. The molecule has 3 nitrogen and oxygen atoms in total. The van der Waals surface area contributed by atoms with Gasteiger partial charge in [-0.2, -0.15) is 0 Å². The fraction of sp³-hybridized carbons (Fsp3) is 0.857. The summed E-state index contributed by atoms with van der Waals surface area (Å²) in [6.07, 6.45) is 0.784. The Morgan fingerprint density at radius 2 is 2.00 bits per heavy atom. The van der Waals surface area contributed by atoms with Gasteiger partial charge in [0.05, 0.1) is 0 Å². The highest BCUT2D eigenvalue weighted by Crippen LogP contribution is 2.14. The maximum Gasteiger partial charge on any atom is 0.325 e. The van der Waals surface area contributed by atoms with Crippen molar-refractivity contribution in [2.75, 3.05) is 14.1 Å². The zero-order valence-electron chi connectivity index (χ0n) is 7.38. The molecule has 0 aliphatic heterocycles. The van der Waals surface area contributed by atoms with Crippen molar-refractivity contribution in [2.45, 2.75) is 21.5 Å². The molecule has 5 heteroatoms. The minimum absolute atomic E-state index is 0.0818. The first-order valence-corrected chi connectivity index (χ1v) is 6.13. The predicted molar refractivity (Wildman–Crippen MR) is 65.7 cm³/mol. The summed E-state index contributed by atoms with van der Waals surface area (Å²) in [6, 6.07) is -0.114. The van der Waals surface area contributed by atoms with E-state index in [9.17, 15) is 4.79 Å². The monoisotopic (exact) mass is 397 g/mol. The fourth-order valence-electron chi connectivity index (χ4n) is 0.909. The zero-order valence-corrected chi connectivity index (χ0v) is 11.7. The van der Waals surface area contributed by atoms with E-state index in [-0.39, 0.29) is 14.1 Å². The number of rotatable bonds is 4. The van der Waals surface area contributed by atoms with Crippen molar-refractivity contribution in [2.24, 2.45) is 0 Å². The molecule has 0 aliphatic carbocycles. The average molecular weight is 397 g/mol. The van der Waals surface area contributed by atoms with Crippen LogP contribution in [0.4, 0.5) is 0 Å². The van der Waals surface area contributed by atoms with Gasteiger partial charge >= 0.3 is 5.97 Å². The number of esters is 1. The second kappa shape index (κ2) is 6.36. The smallest absolute Gasteiger partial charge is 0.325 e. The Morgan fingerprint density at radius 1 is 1.50 bits per heavy atom. The molecule has 1 atom stereocenters. The Balaban J connectivity index is 4.04. The lowest BCUT2D eigenvalue weighted by Crippen LogP contribution is -2.36. The Kier molecular flexibility index (Phi) is 6.83. The van der Waals surface area contributed by atoms with E-state index in [0.29, 0.717) is 0 Å². The van der Waals surface area contributed by atoms with Crippen LogP contribution in [-0.2, 0) is 9.53 Å². The van der Waals surface area contributed by atoms with Gasteiger partial charge in [0.1, 0.15) is 6.04 Å². The van der Waals surface area contributed by atoms with Crippen molar-refractivity contribution in [3.05, 3.63) is 0 Å². The molecular weight excluding hydrogens is 384 g/mol. The number of carbonyl (C=O) groups excluding carboxylic acids is 1. The van der Waals surface area contributed by atoms with Gasteiger partial charge in [-0.15, -0.1) is 0 Å². The van der Waals surface area contributed by atoms with Crippen LogP contribution in [-0.4, -0.2) is 33.1 Å². The van der Waals surface area contributed by atoms with Crippen LogP contribution in [0.15, 0.2) is 0 Å². The summed E-state index contributed by atoms with van der Waals surface area (Å²) in [5.41, 5.74) is 0. The molecule has 0 rings (SSSR count). The van der Waals surface area contributed by atoms with Crippen LogP contribution in [0.5, 0.6) is 0 Å². The third kappa shape index (κ3) is 4.80. The third-order valence-electron chi connectivity index (χ3n) is 1.49. The van der Waals surface area contributed by atoms with Gasteiger partial charge in [0.25, 0.3) is 0 Å². The van der Waals surface area contributed by atoms with Crippen molar-refractivity contribution >= 4 is 51.2 Å². The van der Waals surface area contributed by atoms with Crippen LogP contribution in [0, 0.1) is 0 Å². The van der Waals surface area contributed by atoms with Crippen LogP contribution in [0.3, 0.4) is 0 Å². The number of nitrogens with zero attached hydrogens (tertiary/aromatic N) is 1. The first kappa shape index (κ1) is 12.9. The van der Waals surface area contributed by atoms with Gasteiger partial charge in [-0.05, 0) is 65.7 Å². The van der Waals surface area contributed by atoms with Gasteiger partial charge in [-0.1, -0.05) is 6.92 Å². The number of hydrogen-bond donors (Lipinski definition) is 0. The molecule has 12 heavy (non-hydrogen) atoms. The Hall–Kier alpha value is 0.890. The van der Waals surface area contributed by atoms with Gasteiger partial charge in [0, 0.05) is 0 Å². The standard InChI is InChI=1S/C7H13I2NO2/c1-4-5(10(2)3)6(11)12-7(8)9/h5,7H,4H2,1-3H3. The summed E-state index contributed by atoms with van der Waals surface area (Å²) in [5, 5.41) is 0. The van der Waals surface area contributed by atoms with Crippen LogP contribution in [0.2, 0.25) is 0 Å². The molecule has 0 spiro atoms. The van der Waals surface area contributed by atoms with E-state index < -0.39 is 0 Å². The van der Waals surface area contributed by atoms with Gasteiger partial charge < -0.3 is 4.74 Å². The molecule has 0 saturated carbocycles. The molecule has 0 aliphatic rings. The molecule has 0 bridgehead atoms. The summed E-state index contributed by atoms with van der Waals surface area (Å²) >= 11 is 4.11. The summed E-state index contributed by atoms with van der Waals surface area (Å²) in [6.45, 7) is 1.97. The van der Waals surface area contributed by atoms with Crippen molar-refractivity contribution in [1.82, 2.24) is 4.90 Å². The quantitative estimate of drug-likeness (QED) is 0.413. The summed E-state index contributed by atoms with van der Waals surface area (Å²) < 4.78 is 4.98. The van der Waals surface area contributed by atoms with Crippen molar-refractivity contribution in [3.63, 3.8) is 0 Å². The molecule has 0 aromatic rings. The predicted octanol–water partition coefficient (Wildman–Crippen LogP) is 2.02. The number of likely N-dealkylation sites (N-methyl/N-ethyl adjacent to an activating group) is 1. The normalized spacial score (nSPS) is 13.6. The Morgan fingerprint density at radius 3 is 2.25 bits per heavy atom. The van der Waals surface area contributed by atoms with Gasteiger partial charge in [-0.3, -0.25) is 9.69 Å². The van der Waals surface area contributed by atoms with Gasteiger partial charge in [0.15, 0.2) is 0 Å². The van der Waals surface area contributed by atoms with E-state index in [0.717, 1.165) is 6.42 Å². The largest absolute Gasteiger partial charge is 0.440 e. The molecule has 0 heterocycles. The molecular formula is C7H13I2NO2. The third-order valence-corrected chi connectivity index (χ3v) is 2.00. The first-order chi connectivity index (χ1) is 5.49. The maximum absolute atomic E-state index is 11.4. The van der Waals surface area contributed by atoms with Crippen molar-refractivity contribution < 1.29 is 9.53 Å². The molecule has 0 aromatic carbocycles. The lowest BCUT2D eigenvalue weighted by molar-refractivity contribution is -0.147. The van der Waals surface area contributed by atoms with Crippen LogP contribution in [0.25, 0.3) is 0 Å². The minimum atomic E-state index is -0.142. The van der Waals surface area contributed by atoms with E-state index in [2.05, 4.69) is 45.2 Å². The molecule has 1 unspecified atom stereocenters. The number of alkyl halides is 2. The lowest BCUT2D eigenvalue weighted by atomic mass is 10.2. The summed E-state index contributed by atoms with van der Waals surface area (Å²) in [5.74, 6) is -0.142. The second-order valence-corrected chi connectivity index (χ2v) is 7.23. The number of carbonyl (C=O) groups is 1. The Labute approximate surface area is 100 Å². The second-order valence-electron chi connectivity index (χ2n) is 2.59. The van der Waals surface area contributed by atoms with Crippen LogP contribution >= 0.6 is 45.2 Å². The topological polar surface area (TPSA) is 29.5 Å². The number of halogens is 2. The highest BCUT2D eigenvalue weighted by molar-refractivity contribution is 14.2. The molecule has 0 radical (unpaired) electrons. The zero-order chi connectivity index (χ0) is 9.72. The van der Waals surface area contributed by atoms with E-state index >= 15 is 0 Å². The van der Waals surface area contributed by atoms with E-state index in [1.807, 2.05) is 25.9 Å². The van der Waals surface area contributed by atoms with E-state index in [1.54, 1.807) is 0 Å². The highest BCUT2D eigenvalue weighted by Gasteiger charge is 2.21. The molecule has 0 N–H and O–H groups in total. The number of hydrogen-bond acceptors (Lipinski definition) is 3. The van der Waals surface area contributed by atoms with Crippen LogP contribution in [0.1, 0.15) is 13.3 Å². The molecule has 0 aromatic heterocycles. The maximum atomic E-state index is 11.4. The Bertz CT molecular complexity index is 150. The van der Waals surface area contributed by atoms with E-state index in [4.69, 9.17) is 4.74 Å².